The molecule has 1 aromatic heterocycles. The molecule has 45 heavy (non-hydrogen) atoms. The minimum Gasteiger partial charge on any atom is -0.455 e. The number of carbonyl (C=O) groups is 1. The Morgan fingerprint density at radius 3 is 2.69 bits per heavy atom. The number of allylic oxidation sites excluding steroid dienone is 1. The van der Waals surface area contributed by atoms with Gasteiger partial charge in [-0.1, -0.05) is 19.4 Å². The molecule has 3 saturated carbocycles. The molecular formula is C35H45FN2O6S. The van der Waals surface area contributed by atoms with Crippen molar-refractivity contribution in [2.75, 3.05) is 25.6 Å². The van der Waals surface area contributed by atoms with Crippen molar-refractivity contribution in [2.45, 2.75) is 82.4 Å². The first kappa shape index (κ1) is 31.4. The van der Waals surface area contributed by atoms with E-state index in [-0.39, 0.29) is 47.5 Å². The third-order valence-corrected chi connectivity index (χ3v) is 13.4. The minimum absolute atomic E-state index is 0.0159. The summed E-state index contributed by atoms with van der Waals surface area (Å²) in [6.07, 6.45) is 9.06. The summed E-state index contributed by atoms with van der Waals surface area (Å²) < 4.78 is 27.5. The molecule has 1 aliphatic heterocycles. The third-order valence-electron chi connectivity index (χ3n) is 12.3. The fraction of sp³-hybridized carbons (Fsp3) is 0.657. The van der Waals surface area contributed by atoms with Gasteiger partial charge in [-0.3, -0.25) is 4.79 Å². The van der Waals surface area contributed by atoms with E-state index in [4.69, 9.17) is 9.47 Å². The van der Waals surface area contributed by atoms with E-state index in [2.05, 4.69) is 25.0 Å². The maximum atomic E-state index is 13.7. The first-order chi connectivity index (χ1) is 21.6. The number of halogens is 1. The van der Waals surface area contributed by atoms with E-state index in [1.54, 1.807) is 12.1 Å². The number of aliphatic hydroxyl groups is 3. The SMILES string of the molecule is CC12Cc3cnn(-c4ccc(F)cc4)c3C=C1CCC1[C@@H]2C(O)CC2(C)[C@H]1CCC2(OC(=O)C1CCOCC1)C(O)SCCO. The van der Waals surface area contributed by atoms with E-state index in [1.807, 2.05) is 10.9 Å². The molecule has 2 aromatic rings. The number of aliphatic hydroxyl groups excluding tert-OH is 3. The van der Waals surface area contributed by atoms with Crippen LogP contribution in [0.1, 0.15) is 70.1 Å². The zero-order valence-electron chi connectivity index (χ0n) is 26.2. The van der Waals surface area contributed by atoms with Crippen LogP contribution in [0.3, 0.4) is 0 Å². The maximum Gasteiger partial charge on any atom is 0.309 e. The largest absolute Gasteiger partial charge is 0.455 e. The highest BCUT2D eigenvalue weighted by molar-refractivity contribution is 7.99. The average Bonchev–Trinajstić information content (AvgIpc) is 3.56. The summed E-state index contributed by atoms with van der Waals surface area (Å²) in [5.41, 5.74) is 1.23. The van der Waals surface area contributed by atoms with Crippen LogP contribution in [0.2, 0.25) is 0 Å². The standard InChI is InChI=1S/C35H45FN2O6S/c1-33-18-22-20-37-38(25-6-4-24(36)5-7-25)28(22)17-23(33)3-8-26-27-9-12-35(32(42)45-16-13-39,34(27,2)19-29(40)30(26)33)44-31(41)21-10-14-43-15-11-21/h4-7,17,20-21,26-27,29-30,32,39-40,42H,3,8-16,18-19H2,1-2H3/t26?,27-,29?,30+,32?,33?,34?,35?/m0/s1. The molecule has 4 aliphatic carbocycles. The number of hydrogen-bond donors (Lipinski definition) is 3. The van der Waals surface area contributed by atoms with Gasteiger partial charge in [0.05, 0.1) is 36.2 Å². The second-order valence-electron chi connectivity index (χ2n) is 14.4. The molecule has 1 aromatic carbocycles. The fourth-order valence-corrected chi connectivity index (χ4v) is 11.1. The first-order valence-electron chi connectivity index (χ1n) is 16.5. The van der Waals surface area contributed by atoms with Gasteiger partial charge in [0.25, 0.3) is 0 Å². The Hall–Kier alpha value is -2.24. The van der Waals surface area contributed by atoms with Gasteiger partial charge in [0.1, 0.15) is 11.3 Å². The van der Waals surface area contributed by atoms with Crippen LogP contribution in [0.4, 0.5) is 4.39 Å². The fourth-order valence-electron chi connectivity index (χ4n) is 10.1. The summed E-state index contributed by atoms with van der Waals surface area (Å²) in [5.74, 6) is -0.0962. The van der Waals surface area contributed by atoms with Gasteiger partial charge < -0.3 is 24.8 Å². The van der Waals surface area contributed by atoms with Crippen LogP contribution in [0.5, 0.6) is 0 Å². The second kappa shape index (κ2) is 11.8. The maximum absolute atomic E-state index is 13.7. The van der Waals surface area contributed by atoms with Crippen molar-refractivity contribution >= 4 is 23.8 Å². The van der Waals surface area contributed by atoms with Gasteiger partial charge in [0.2, 0.25) is 0 Å². The molecule has 5 aliphatic rings. The Labute approximate surface area is 268 Å². The second-order valence-corrected chi connectivity index (χ2v) is 15.6. The highest BCUT2D eigenvalue weighted by Gasteiger charge is 2.70. The summed E-state index contributed by atoms with van der Waals surface area (Å²) >= 11 is 1.24. The van der Waals surface area contributed by atoms with Crippen LogP contribution in [0.15, 0.2) is 36.0 Å². The molecule has 6 unspecified atom stereocenters. The third kappa shape index (κ3) is 4.93. The van der Waals surface area contributed by atoms with E-state index >= 15 is 0 Å². The molecule has 10 heteroatoms. The number of thioether (sulfide) groups is 1. The van der Waals surface area contributed by atoms with Gasteiger partial charge >= 0.3 is 5.97 Å². The number of fused-ring (bicyclic) bond motifs is 6. The molecule has 3 N–H and O–H groups in total. The Balaban J connectivity index is 1.20. The lowest BCUT2D eigenvalue weighted by Gasteiger charge is -2.61. The zero-order valence-corrected chi connectivity index (χ0v) is 27.0. The highest BCUT2D eigenvalue weighted by Crippen LogP contribution is 2.69. The van der Waals surface area contributed by atoms with E-state index in [9.17, 15) is 24.5 Å². The average molecular weight is 641 g/mol. The predicted octanol–water partition coefficient (Wildman–Crippen LogP) is 4.92. The number of aromatic nitrogens is 2. The number of hydrogen-bond acceptors (Lipinski definition) is 8. The van der Waals surface area contributed by atoms with Gasteiger partial charge in [0, 0.05) is 24.4 Å². The van der Waals surface area contributed by atoms with Crippen molar-refractivity contribution in [3.05, 3.63) is 53.1 Å². The van der Waals surface area contributed by atoms with Gasteiger partial charge in [-0.05, 0) is 110 Å². The number of esters is 1. The number of nitrogens with zero attached hydrogens (tertiary/aromatic N) is 2. The lowest BCUT2D eigenvalue weighted by Crippen LogP contribution is -2.63. The molecule has 8 atom stereocenters. The number of benzene rings is 1. The van der Waals surface area contributed by atoms with Crippen molar-refractivity contribution in [1.29, 1.82) is 0 Å². The summed E-state index contributed by atoms with van der Waals surface area (Å²) in [5, 5.41) is 38.2. The molecule has 0 amide bonds. The molecule has 8 nitrogen and oxygen atoms in total. The van der Waals surface area contributed by atoms with Crippen molar-refractivity contribution < 1.29 is 34.0 Å². The van der Waals surface area contributed by atoms with E-state index < -0.39 is 22.6 Å². The Kier molecular flexibility index (Phi) is 8.21. The summed E-state index contributed by atoms with van der Waals surface area (Å²) in [6, 6.07) is 6.38. The van der Waals surface area contributed by atoms with Crippen molar-refractivity contribution in [1.82, 2.24) is 9.78 Å². The van der Waals surface area contributed by atoms with Crippen LogP contribution in [0, 0.1) is 40.3 Å². The molecule has 0 radical (unpaired) electrons. The van der Waals surface area contributed by atoms with Crippen molar-refractivity contribution in [2.24, 2.45) is 34.5 Å². The molecular weight excluding hydrogens is 595 g/mol. The van der Waals surface area contributed by atoms with Gasteiger partial charge in [-0.25, -0.2) is 9.07 Å². The summed E-state index contributed by atoms with van der Waals surface area (Å²) in [6.45, 7) is 5.39. The number of rotatable bonds is 7. The van der Waals surface area contributed by atoms with Gasteiger partial charge in [-0.15, -0.1) is 11.8 Å². The zero-order chi connectivity index (χ0) is 31.6. The van der Waals surface area contributed by atoms with Crippen LogP contribution in [-0.4, -0.2) is 73.8 Å². The normalized spacial score (nSPS) is 36.7. The van der Waals surface area contributed by atoms with Crippen molar-refractivity contribution in [3.63, 3.8) is 0 Å². The molecule has 0 bridgehead atoms. The number of ether oxygens (including phenoxy) is 2. The molecule has 1 saturated heterocycles. The quantitative estimate of drug-likeness (QED) is 0.289. The monoisotopic (exact) mass is 640 g/mol. The van der Waals surface area contributed by atoms with Crippen molar-refractivity contribution in [3.8, 4) is 5.69 Å². The smallest absolute Gasteiger partial charge is 0.309 e. The number of carbonyl (C=O) groups excluding carboxylic acids is 1. The van der Waals surface area contributed by atoms with E-state index in [0.717, 1.165) is 42.6 Å². The Bertz CT molecular complexity index is 1460. The van der Waals surface area contributed by atoms with Crippen LogP contribution >= 0.6 is 11.8 Å². The minimum atomic E-state index is -1.15. The molecule has 7 rings (SSSR count). The highest BCUT2D eigenvalue weighted by atomic mass is 32.2. The lowest BCUT2D eigenvalue weighted by atomic mass is 9.45. The Morgan fingerprint density at radius 2 is 1.96 bits per heavy atom. The molecule has 4 fully saturated rings. The van der Waals surface area contributed by atoms with Crippen LogP contribution < -0.4 is 0 Å². The first-order valence-corrected chi connectivity index (χ1v) is 17.6. The summed E-state index contributed by atoms with van der Waals surface area (Å²) in [7, 11) is 0. The lowest BCUT2D eigenvalue weighted by molar-refractivity contribution is -0.216. The van der Waals surface area contributed by atoms with Crippen LogP contribution in [-0.2, 0) is 20.7 Å². The van der Waals surface area contributed by atoms with E-state index in [0.29, 0.717) is 44.6 Å². The van der Waals surface area contributed by atoms with Crippen LogP contribution in [0.25, 0.3) is 11.8 Å². The molecule has 244 valence electrons. The van der Waals surface area contributed by atoms with E-state index in [1.165, 1.54) is 29.5 Å². The molecule has 0 spiro atoms. The molecule has 2 heterocycles. The summed E-state index contributed by atoms with van der Waals surface area (Å²) in [4.78, 5) is 13.7. The van der Waals surface area contributed by atoms with Gasteiger partial charge in [0.15, 0.2) is 5.60 Å². The predicted molar refractivity (Wildman–Crippen MR) is 169 cm³/mol. The Morgan fingerprint density at radius 1 is 1.20 bits per heavy atom. The van der Waals surface area contributed by atoms with Gasteiger partial charge in [-0.2, -0.15) is 5.10 Å². The topological polar surface area (TPSA) is 114 Å².